The van der Waals surface area contributed by atoms with Crippen LogP contribution in [0.15, 0.2) is 18.2 Å². The molecule has 0 bridgehead atoms. The molecule has 1 aromatic carbocycles. The van der Waals surface area contributed by atoms with E-state index in [4.69, 9.17) is 9.84 Å². The maximum Gasteiger partial charge on any atom is 0.119 e. The lowest BCUT2D eigenvalue weighted by Gasteiger charge is -2.06. The lowest BCUT2D eigenvalue weighted by Crippen LogP contribution is -1.90. The van der Waals surface area contributed by atoms with E-state index in [9.17, 15) is 0 Å². The van der Waals surface area contributed by atoms with Crippen LogP contribution in [0.2, 0.25) is 0 Å². The van der Waals surface area contributed by atoms with E-state index < -0.39 is 0 Å². The van der Waals surface area contributed by atoms with Crippen LogP contribution in [0.3, 0.4) is 0 Å². The highest BCUT2D eigenvalue weighted by Gasteiger charge is 2.01. The van der Waals surface area contributed by atoms with Crippen LogP contribution in [-0.4, -0.2) is 25.1 Å². The lowest BCUT2D eigenvalue weighted by atomic mass is 10.1. The molecule has 0 radical (unpaired) electrons. The van der Waals surface area contributed by atoms with Gasteiger partial charge in [0.1, 0.15) is 5.75 Å². The van der Waals surface area contributed by atoms with Gasteiger partial charge in [-0.3, -0.25) is 0 Å². The zero-order chi connectivity index (χ0) is 11.8. The third-order valence-electron chi connectivity index (χ3n) is 2.07. The summed E-state index contributed by atoms with van der Waals surface area (Å²) in [6.07, 6.45) is 2.58. The van der Waals surface area contributed by atoms with Crippen LogP contribution in [0, 0.1) is 11.8 Å². The molecule has 3 heteroatoms. The van der Waals surface area contributed by atoms with E-state index in [1.165, 1.54) is 5.56 Å². The number of thioether (sulfide) groups is 1. The van der Waals surface area contributed by atoms with Gasteiger partial charge in [0, 0.05) is 17.7 Å². The number of ether oxygens (including phenoxy) is 1. The van der Waals surface area contributed by atoms with Crippen LogP contribution in [0.25, 0.3) is 0 Å². The third kappa shape index (κ3) is 3.80. The van der Waals surface area contributed by atoms with E-state index in [0.717, 1.165) is 17.1 Å². The molecule has 0 saturated heterocycles. The number of methoxy groups -OCH3 is 1. The SMILES string of the molecule is COc1ccc(C#CCCO)c(CSC)c1. The molecule has 0 aliphatic carbocycles. The summed E-state index contributed by atoms with van der Waals surface area (Å²) in [5, 5.41) is 8.67. The average molecular weight is 236 g/mol. The molecule has 0 fully saturated rings. The summed E-state index contributed by atoms with van der Waals surface area (Å²) in [7, 11) is 1.66. The minimum atomic E-state index is 0.112. The summed E-state index contributed by atoms with van der Waals surface area (Å²) in [4.78, 5) is 0. The van der Waals surface area contributed by atoms with Crippen LogP contribution in [0.1, 0.15) is 17.5 Å². The van der Waals surface area contributed by atoms with Crippen molar-refractivity contribution in [2.45, 2.75) is 12.2 Å². The quantitative estimate of drug-likeness (QED) is 0.813. The van der Waals surface area contributed by atoms with Crippen LogP contribution in [0.4, 0.5) is 0 Å². The highest BCUT2D eigenvalue weighted by Crippen LogP contribution is 2.20. The van der Waals surface area contributed by atoms with Crippen molar-refractivity contribution >= 4 is 11.8 Å². The molecule has 1 aromatic rings. The predicted molar refractivity (Wildman–Crippen MR) is 68.8 cm³/mol. The molecule has 0 aliphatic rings. The summed E-state index contributed by atoms with van der Waals surface area (Å²) in [6, 6.07) is 5.89. The fraction of sp³-hybridized carbons (Fsp3) is 0.385. The molecule has 0 heterocycles. The molecule has 86 valence electrons. The van der Waals surface area contributed by atoms with E-state index >= 15 is 0 Å². The third-order valence-corrected chi connectivity index (χ3v) is 2.67. The van der Waals surface area contributed by atoms with Gasteiger partial charge in [-0.2, -0.15) is 11.8 Å². The Morgan fingerprint density at radius 2 is 2.25 bits per heavy atom. The largest absolute Gasteiger partial charge is 0.497 e. The van der Waals surface area contributed by atoms with Crippen LogP contribution >= 0.6 is 11.8 Å². The Hall–Kier alpha value is -1.11. The van der Waals surface area contributed by atoms with Gasteiger partial charge in [-0.15, -0.1) is 0 Å². The first-order valence-electron chi connectivity index (χ1n) is 5.07. The molecular weight excluding hydrogens is 220 g/mol. The van der Waals surface area contributed by atoms with Gasteiger partial charge in [0.15, 0.2) is 0 Å². The maximum absolute atomic E-state index is 8.67. The van der Waals surface area contributed by atoms with Crippen molar-refractivity contribution in [2.24, 2.45) is 0 Å². The fourth-order valence-corrected chi connectivity index (χ4v) is 1.86. The van der Waals surface area contributed by atoms with Gasteiger partial charge >= 0.3 is 0 Å². The summed E-state index contributed by atoms with van der Waals surface area (Å²) < 4.78 is 5.18. The lowest BCUT2D eigenvalue weighted by molar-refractivity contribution is 0.305. The molecule has 0 spiro atoms. The van der Waals surface area contributed by atoms with E-state index in [1.54, 1.807) is 18.9 Å². The summed E-state index contributed by atoms with van der Waals surface area (Å²) >= 11 is 1.75. The molecule has 1 N–H and O–H groups in total. The molecule has 2 nitrogen and oxygen atoms in total. The number of rotatable bonds is 4. The van der Waals surface area contributed by atoms with Crippen LogP contribution in [-0.2, 0) is 5.75 Å². The number of hydrogen-bond donors (Lipinski definition) is 1. The van der Waals surface area contributed by atoms with E-state index in [2.05, 4.69) is 18.1 Å². The van der Waals surface area contributed by atoms with Crippen molar-refractivity contribution in [2.75, 3.05) is 20.0 Å². The van der Waals surface area contributed by atoms with Gasteiger partial charge < -0.3 is 9.84 Å². The number of aliphatic hydroxyl groups is 1. The van der Waals surface area contributed by atoms with Crippen LogP contribution < -0.4 is 4.74 Å². The van der Waals surface area contributed by atoms with Crippen molar-refractivity contribution in [3.8, 4) is 17.6 Å². The minimum absolute atomic E-state index is 0.112. The summed E-state index contributed by atoms with van der Waals surface area (Å²) in [6.45, 7) is 0.112. The second-order valence-corrected chi connectivity index (χ2v) is 4.10. The van der Waals surface area contributed by atoms with Gasteiger partial charge in [-0.1, -0.05) is 11.8 Å². The van der Waals surface area contributed by atoms with Gasteiger partial charge in [0.2, 0.25) is 0 Å². The van der Waals surface area contributed by atoms with Gasteiger partial charge in [0.05, 0.1) is 13.7 Å². The number of aliphatic hydroxyl groups excluding tert-OH is 1. The zero-order valence-electron chi connectivity index (χ0n) is 9.62. The van der Waals surface area contributed by atoms with Gasteiger partial charge in [-0.05, 0) is 30.0 Å². The Balaban J connectivity index is 2.94. The number of hydrogen-bond acceptors (Lipinski definition) is 3. The highest BCUT2D eigenvalue weighted by molar-refractivity contribution is 7.97. The maximum atomic E-state index is 8.67. The Morgan fingerprint density at radius 3 is 2.88 bits per heavy atom. The van der Waals surface area contributed by atoms with Crippen molar-refractivity contribution in [3.05, 3.63) is 29.3 Å². The van der Waals surface area contributed by atoms with E-state index in [1.807, 2.05) is 18.2 Å². The molecule has 0 aromatic heterocycles. The molecule has 0 unspecified atom stereocenters. The van der Waals surface area contributed by atoms with Gasteiger partial charge in [0.25, 0.3) is 0 Å². The summed E-state index contributed by atoms with van der Waals surface area (Å²) in [5.74, 6) is 7.78. The second-order valence-electron chi connectivity index (χ2n) is 3.23. The minimum Gasteiger partial charge on any atom is -0.497 e. The zero-order valence-corrected chi connectivity index (χ0v) is 10.4. The Kier molecular flexibility index (Phi) is 5.84. The molecular formula is C13H16O2S. The molecule has 0 atom stereocenters. The molecule has 0 amide bonds. The molecule has 16 heavy (non-hydrogen) atoms. The smallest absolute Gasteiger partial charge is 0.119 e. The standard InChI is InChI=1S/C13H16O2S/c1-15-13-7-6-11(5-3-4-8-14)12(9-13)10-16-2/h6-7,9,14H,4,8,10H2,1-2H3. The first-order valence-corrected chi connectivity index (χ1v) is 6.46. The monoisotopic (exact) mass is 236 g/mol. The van der Waals surface area contributed by atoms with Crippen molar-refractivity contribution in [3.63, 3.8) is 0 Å². The highest BCUT2D eigenvalue weighted by atomic mass is 32.2. The van der Waals surface area contributed by atoms with Crippen molar-refractivity contribution < 1.29 is 9.84 Å². The Bertz CT molecular complexity index is 391. The fourth-order valence-electron chi connectivity index (χ4n) is 1.31. The summed E-state index contributed by atoms with van der Waals surface area (Å²) in [5.41, 5.74) is 2.20. The first-order chi connectivity index (χ1) is 7.81. The van der Waals surface area contributed by atoms with E-state index in [-0.39, 0.29) is 6.61 Å². The molecule has 0 aliphatic heterocycles. The normalized spacial score (nSPS) is 9.44. The Morgan fingerprint density at radius 1 is 1.44 bits per heavy atom. The molecule has 0 saturated carbocycles. The van der Waals surface area contributed by atoms with Crippen molar-refractivity contribution in [1.82, 2.24) is 0 Å². The first kappa shape index (κ1) is 13.0. The molecule has 1 rings (SSSR count). The topological polar surface area (TPSA) is 29.5 Å². The predicted octanol–water partition coefficient (Wildman–Crippen LogP) is 2.29. The van der Waals surface area contributed by atoms with Crippen molar-refractivity contribution in [1.29, 1.82) is 0 Å². The number of benzene rings is 1. The van der Waals surface area contributed by atoms with Crippen LogP contribution in [0.5, 0.6) is 5.75 Å². The van der Waals surface area contributed by atoms with Gasteiger partial charge in [-0.25, -0.2) is 0 Å². The van der Waals surface area contributed by atoms with E-state index in [0.29, 0.717) is 6.42 Å². The Labute approximate surface area is 101 Å². The average Bonchev–Trinajstić information content (AvgIpc) is 2.31. The second kappa shape index (κ2) is 7.21.